The molecular formula is C19H21N3S. The molecule has 3 heterocycles. The molecule has 1 aromatic carbocycles. The van der Waals surface area contributed by atoms with Crippen molar-refractivity contribution < 1.29 is 0 Å². The second kappa shape index (κ2) is 4.60. The summed E-state index contributed by atoms with van der Waals surface area (Å²) in [6, 6.07) is 9.19. The van der Waals surface area contributed by atoms with Crippen LogP contribution in [-0.4, -0.2) is 9.38 Å². The highest BCUT2D eigenvalue weighted by Gasteiger charge is 2.53. The molecule has 1 fully saturated rings. The minimum Gasteiger partial charge on any atom is -0.352 e. The molecule has 23 heavy (non-hydrogen) atoms. The number of aryl methyl sites for hydroxylation is 1. The van der Waals surface area contributed by atoms with E-state index in [9.17, 15) is 0 Å². The summed E-state index contributed by atoms with van der Waals surface area (Å²) >= 11 is 1.75. The second-order valence-corrected chi connectivity index (χ2v) is 7.85. The standard InChI is InChI=1S/C19H21N3S/c1-13-7-3-4-8-15(13)22-14(2)16-17(19(22)9-5-6-10-19)20-18-21(16)11-12-23-18/h3-4,7-8,11-12,14H,5-6,9-10H2,1-2H3/t14-/m0/s1. The Morgan fingerprint density at radius 2 is 2.00 bits per heavy atom. The molecule has 3 nitrogen and oxygen atoms in total. The highest BCUT2D eigenvalue weighted by atomic mass is 32.1. The first kappa shape index (κ1) is 13.6. The predicted molar refractivity (Wildman–Crippen MR) is 95.3 cm³/mol. The van der Waals surface area contributed by atoms with E-state index in [1.165, 1.54) is 48.3 Å². The number of aromatic nitrogens is 2. The maximum absolute atomic E-state index is 5.08. The van der Waals surface area contributed by atoms with E-state index in [0.717, 1.165) is 4.96 Å². The molecule has 0 amide bonds. The van der Waals surface area contributed by atoms with Crippen LogP contribution < -0.4 is 4.90 Å². The molecule has 0 N–H and O–H groups in total. The van der Waals surface area contributed by atoms with E-state index >= 15 is 0 Å². The van der Waals surface area contributed by atoms with Crippen molar-refractivity contribution in [3.8, 4) is 0 Å². The van der Waals surface area contributed by atoms with Crippen LogP contribution in [0.1, 0.15) is 55.6 Å². The van der Waals surface area contributed by atoms with Crippen LogP contribution in [0.15, 0.2) is 35.8 Å². The third-order valence-electron chi connectivity index (χ3n) is 5.79. The zero-order valence-corrected chi connectivity index (χ0v) is 14.4. The maximum atomic E-state index is 5.08. The first-order valence-electron chi connectivity index (χ1n) is 8.53. The van der Waals surface area contributed by atoms with Crippen molar-refractivity contribution in [1.82, 2.24) is 9.38 Å². The molecule has 4 heteroatoms. The van der Waals surface area contributed by atoms with E-state index in [1.807, 2.05) is 0 Å². The molecule has 0 unspecified atom stereocenters. The molecule has 0 radical (unpaired) electrons. The van der Waals surface area contributed by atoms with Crippen LogP contribution in [0.2, 0.25) is 0 Å². The summed E-state index contributed by atoms with van der Waals surface area (Å²) in [5.41, 5.74) is 5.60. The molecule has 1 saturated carbocycles. The average Bonchev–Trinajstić information content (AvgIpc) is 3.26. The smallest absolute Gasteiger partial charge is 0.194 e. The fourth-order valence-corrected chi connectivity index (χ4v) is 5.58. The van der Waals surface area contributed by atoms with Crippen LogP contribution >= 0.6 is 11.3 Å². The Hall–Kier alpha value is -1.81. The Morgan fingerprint density at radius 3 is 2.78 bits per heavy atom. The topological polar surface area (TPSA) is 20.5 Å². The van der Waals surface area contributed by atoms with Crippen molar-refractivity contribution >= 4 is 22.0 Å². The van der Waals surface area contributed by atoms with E-state index in [1.54, 1.807) is 11.3 Å². The summed E-state index contributed by atoms with van der Waals surface area (Å²) < 4.78 is 2.32. The van der Waals surface area contributed by atoms with Crippen LogP contribution in [-0.2, 0) is 5.54 Å². The summed E-state index contributed by atoms with van der Waals surface area (Å²) in [5, 5.41) is 2.15. The van der Waals surface area contributed by atoms with Gasteiger partial charge in [0.1, 0.15) is 0 Å². The van der Waals surface area contributed by atoms with Gasteiger partial charge in [-0.05, 0) is 38.3 Å². The molecule has 3 aromatic rings. The number of hydrogen-bond acceptors (Lipinski definition) is 3. The predicted octanol–water partition coefficient (Wildman–Crippen LogP) is 5.05. The SMILES string of the molecule is Cc1ccccc1N1[C@@H](C)c2c(nc3sccn23)C12CCCC2. The van der Waals surface area contributed by atoms with Crippen LogP contribution in [0.5, 0.6) is 0 Å². The number of hydrogen-bond donors (Lipinski definition) is 0. The Balaban J connectivity index is 1.78. The molecule has 2 aliphatic rings. The van der Waals surface area contributed by atoms with E-state index in [-0.39, 0.29) is 5.54 Å². The first-order valence-corrected chi connectivity index (χ1v) is 9.41. The summed E-state index contributed by atoms with van der Waals surface area (Å²) in [7, 11) is 0. The van der Waals surface area contributed by atoms with Crippen LogP contribution in [0.25, 0.3) is 4.96 Å². The van der Waals surface area contributed by atoms with Gasteiger partial charge in [-0.15, -0.1) is 11.3 Å². The third-order valence-corrected chi connectivity index (χ3v) is 6.55. The molecule has 0 bridgehead atoms. The molecule has 1 aliphatic heterocycles. The summed E-state index contributed by atoms with van der Waals surface area (Å²) in [6.45, 7) is 4.58. The normalized spacial score (nSPS) is 22.3. The number of nitrogens with zero attached hydrogens (tertiary/aromatic N) is 3. The van der Waals surface area contributed by atoms with Gasteiger partial charge >= 0.3 is 0 Å². The Kier molecular flexibility index (Phi) is 2.72. The van der Waals surface area contributed by atoms with Gasteiger partial charge in [0.25, 0.3) is 0 Å². The molecule has 1 spiro atoms. The Labute approximate surface area is 140 Å². The fourth-order valence-electron chi connectivity index (χ4n) is 4.86. The van der Waals surface area contributed by atoms with Crippen molar-refractivity contribution in [3.63, 3.8) is 0 Å². The van der Waals surface area contributed by atoms with Gasteiger partial charge in [-0.1, -0.05) is 31.0 Å². The van der Waals surface area contributed by atoms with Gasteiger partial charge in [0.05, 0.1) is 23.0 Å². The van der Waals surface area contributed by atoms with Crippen molar-refractivity contribution in [2.24, 2.45) is 0 Å². The van der Waals surface area contributed by atoms with E-state index < -0.39 is 0 Å². The quantitative estimate of drug-likeness (QED) is 0.624. The van der Waals surface area contributed by atoms with Crippen molar-refractivity contribution in [2.45, 2.75) is 51.1 Å². The summed E-state index contributed by atoms with van der Waals surface area (Å²) in [6.07, 6.45) is 7.25. The lowest BCUT2D eigenvalue weighted by Crippen LogP contribution is -2.41. The molecule has 1 atom stereocenters. The third kappa shape index (κ3) is 1.62. The first-order chi connectivity index (χ1) is 11.2. The molecular weight excluding hydrogens is 302 g/mol. The lowest BCUT2D eigenvalue weighted by atomic mass is 9.92. The monoisotopic (exact) mass is 323 g/mol. The minimum absolute atomic E-state index is 0.104. The van der Waals surface area contributed by atoms with Crippen molar-refractivity contribution in [1.29, 1.82) is 0 Å². The molecule has 2 aromatic heterocycles. The summed E-state index contributed by atoms with van der Waals surface area (Å²) in [4.78, 5) is 8.91. The van der Waals surface area contributed by atoms with Gasteiger partial charge in [-0.3, -0.25) is 4.40 Å². The van der Waals surface area contributed by atoms with Gasteiger partial charge in [0.2, 0.25) is 0 Å². The maximum Gasteiger partial charge on any atom is 0.194 e. The Bertz CT molecular complexity index is 885. The van der Waals surface area contributed by atoms with Gasteiger partial charge in [0, 0.05) is 17.3 Å². The number of fused-ring (bicyclic) bond motifs is 4. The van der Waals surface area contributed by atoms with Crippen LogP contribution in [0.3, 0.4) is 0 Å². The number of imidazole rings is 1. The molecule has 0 saturated heterocycles. The highest BCUT2D eigenvalue weighted by Crippen LogP contribution is 2.56. The second-order valence-electron chi connectivity index (χ2n) is 6.97. The van der Waals surface area contributed by atoms with E-state index in [0.29, 0.717) is 6.04 Å². The van der Waals surface area contributed by atoms with E-state index in [2.05, 4.69) is 59.0 Å². The fraction of sp³-hybridized carbons (Fsp3) is 0.421. The largest absolute Gasteiger partial charge is 0.352 e. The van der Waals surface area contributed by atoms with Crippen LogP contribution in [0.4, 0.5) is 5.69 Å². The Morgan fingerprint density at radius 1 is 1.22 bits per heavy atom. The summed E-state index contributed by atoms with van der Waals surface area (Å²) in [5.74, 6) is 0. The zero-order valence-electron chi connectivity index (χ0n) is 13.6. The lowest BCUT2D eigenvalue weighted by Gasteiger charge is -2.40. The average molecular weight is 323 g/mol. The molecule has 118 valence electrons. The lowest BCUT2D eigenvalue weighted by molar-refractivity contribution is 0.407. The molecule has 1 aliphatic carbocycles. The highest BCUT2D eigenvalue weighted by molar-refractivity contribution is 7.15. The number of anilines is 1. The minimum atomic E-state index is 0.104. The number of rotatable bonds is 1. The number of para-hydroxylation sites is 1. The van der Waals surface area contributed by atoms with Crippen molar-refractivity contribution in [2.75, 3.05) is 4.90 Å². The molecule has 5 rings (SSSR count). The van der Waals surface area contributed by atoms with Gasteiger partial charge in [-0.25, -0.2) is 4.98 Å². The van der Waals surface area contributed by atoms with Crippen LogP contribution in [0, 0.1) is 6.92 Å². The zero-order chi connectivity index (χ0) is 15.6. The number of benzene rings is 1. The van der Waals surface area contributed by atoms with Crippen molar-refractivity contribution in [3.05, 3.63) is 52.8 Å². The van der Waals surface area contributed by atoms with E-state index in [4.69, 9.17) is 4.98 Å². The van der Waals surface area contributed by atoms with Gasteiger partial charge in [-0.2, -0.15) is 0 Å². The van der Waals surface area contributed by atoms with Gasteiger partial charge in [0.15, 0.2) is 4.96 Å². The van der Waals surface area contributed by atoms with Gasteiger partial charge < -0.3 is 4.90 Å². The number of thiazole rings is 1.